The Morgan fingerprint density at radius 1 is 1.61 bits per heavy atom. The molecule has 0 saturated carbocycles. The lowest BCUT2D eigenvalue weighted by Gasteiger charge is -2.09. The van der Waals surface area contributed by atoms with E-state index in [2.05, 4.69) is 4.99 Å². The molecule has 0 saturated heterocycles. The van der Waals surface area contributed by atoms with Crippen molar-refractivity contribution in [2.75, 3.05) is 0 Å². The minimum Gasteiger partial charge on any atom is -0.386 e. The van der Waals surface area contributed by atoms with Crippen LogP contribution in [0.25, 0.3) is 0 Å². The number of carbonyl (C=O) groups excluding carboxylic acids is 1. The van der Waals surface area contributed by atoms with Gasteiger partial charge in [0.15, 0.2) is 4.80 Å². The van der Waals surface area contributed by atoms with Crippen molar-refractivity contribution >= 4 is 28.6 Å². The zero-order valence-electron chi connectivity index (χ0n) is 10.2. The first-order valence-electron chi connectivity index (χ1n) is 5.50. The first-order valence-corrected chi connectivity index (χ1v) is 7.19. The van der Waals surface area contributed by atoms with Crippen LogP contribution in [0.3, 0.4) is 0 Å². The molecule has 96 valence electrons. The van der Waals surface area contributed by atoms with E-state index in [1.807, 2.05) is 35.2 Å². The van der Waals surface area contributed by atoms with Crippen LogP contribution in [0.2, 0.25) is 0 Å². The molecule has 18 heavy (non-hydrogen) atoms. The molecule has 0 bridgehead atoms. The van der Waals surface area contributed by atoms with Gasteiger partial charge in [-0.1, -0.05) is 6.07 Å². The third-order valence-electron chi connectivity index (χ3n) is 2.33. The van der Waals surface area contributed by atoms with Crippen LogP contribution in [0.1, 0.15) is 22.8 Å². The van der Waals surface area contributed by atoms with Crippen LogP contribution >= 0.6 is 22.7 Å². The minimum atomic E-state index is -0.565. The zero-order valence-corrected chi connectivity index (χ0v) is 11.8. The normalized spacial score (nSPS) is 13.8. The van der Waals surface area contributed by atoms with E-state index in [9.17, 15) is 9.90 Å². The number of hydrogen-bond donors (Lipinski definition) is 1. The summed E-state index contributed by atoms with van der Waals surface area (Å²) in [5.74, 6) is -0.226. The minimum absolute atomic E-state index is 0.226. The summed E-state index contributed by atoms with van der Waals surface area (Å²) in [7, 11) is 0. The first kappa shape index (κ1) is 13.2. The van der Waals surface area contributed by atoms with Gasteiger partial charge in [0.2, 0.25) is 5.91 Å². The van der Waals surface area contributed by atoms with Crippen molar-refractivity contribution in [2.24, 2.45) is 4.99 Å². The van der Waals surface area contributed by atoms with E-state index in [1.54, 1.807) is 0 Å². The molecule has 0 aliphatic rings. The van der Waals surface area contributed by atoms with Gasteiger partial charge in [0, 0.05) is 22.9 Å². The molecule has 0 aliphatic carbocycles. The number of aromatic nitrogens is 1. The Balaban J connectivity index is 2.27. The Hall–Kier alpha value is -1.24. The topological polar surface area (TPSA) is 54.6 Å². The smallest absolute Gasteiger partial charge is 0.245 e. The van der Waals surface area contributed by atoms with Crippen molar-refractivity contribution in [2.45, 2.75) is 26.5 Å². The average molecular weight is 282 g/mol. The first-order chi connectivity index (χ1) is 8.56. The fourth-order valence-corrected chi connectivity index (χ4v) is 3.20. The summed E-state index contributed by atoms with van der Waals surface area (Å²) in [6.45, 7) is 3.80. The maximum atomic E-state index is 11.1. The van der Waals surface area contributed by atoms with Crippen LogP contribution in [-0.2, 0) is 11.3 Å². The van der Waals surface area contributed by atoms with E-state index in [1.165, 1.54) is 29.6 Å². The van der Waals surface area contributed by atoms with Gasteiger partial charge in [-0.15, -0.1) is 22.7 Å². The SMILES string of the molecule is CC(=O)/N=c1/sc(C)cn1CC(O)c1cccs1. The molecule has 1 N–H and O–H groups in total. The monoisotopic (exact) mass is 282 g/mol. The second-order valence-corrected chi connectivity index (χ2v) is 6.13. The summed E-state index contributed by atoms with van der Waals surface area (Å²) in [6.07, 6.45) is 1.34. The lowest BCUT2D eigenvalue weighted by molar-refractivity contribution is -0.116. The van der Waals surface area contributed by atoms with Gasteiger partial charge in [-0.2, -0.15) is 4.99 Å². The van der Waals surface area contributed by atoms with Crippen LogP contribution in [0.5, 0.6) is 0 Å². The summed E-state index contributed by atoms with van der Waals surface area (Å²) in [5.41, 5.74) is 0. The van der Waals surface area contributed by atoms with Gasteiger partial charge in [0.25, 0.3) is 0 Å². The maximum absolute atomic E-state index is 11.1. The molecular formula is C12H14N2O2S2. The molecule has 4 nitrogen and oxygen atoms in total. The predicted molar refractivity (Wildman–Crippen MR) is 72.6 cm³/mol. The number of rotatable bonds is 3. The number of aryl methyl sites for hydroxylation is 1. The lowest BCUT2D eigenvalue weighted by Crippen LogP contribution is -2.19. The highest BCUT2D eigenvalue weighted by molar-refractivity contribution is 7.10. The number of hydrogen-bond acceptors (Lipinski definition) is 4. The highest BCUT2D eigenvalue weighted by Gasteiger charge is 2.11. The van der Waals surface area contributed by atoms with E-state index < -0.39 is 6.10 Å². The van der Waals surface area contributed by atoms with Gasteiger partial charge >= 0.3 is 0 Å². The Kier molecular flexibility index (Phi) is 4.11. The van der Waals surface area contributed by atoms with E-state index in [0.717, 1.165) is 9.75 Å². The van der Waals surface area contributed by atoms with Gasteiger partial charge < -0.3 is 9.67 Å². The average Bonchev–Trinajstić information content (AvgIpc) is 2.88. The van der Waals surface area contributed by atoms with E-state index in [-0.39, 0.29) is 5.91 Å². The second-order valence-electron chi connectivity index (χ2n) is 3.94. The number of carbonyl (C=O) groups is 1. The quantitative estimate of drug-likeness (QED) is 0.937. The van der Waals surface area contributed by atoms with E-state index in [4.69, 9.17) is 0 Å². The van der Waals surface area contributed by atoms with E-state index in [0.29, 0.717) is 11.3 Å². The molecule has 2 aromatic heterocycles. The van der Waals surface area contributed by atoms with Crippen molar-refractivity contribution in [3.8, 4) is 0 Å². The standard InChI is InChI=1S/C12H14N2O2S2/c1-8-6-14(12(18-8)13-9(2)15)7-10(16)11-4-3-5-17-11/h3-6,10,16H,7H2,1-2H3/b13-12+. The number of aliphatic hydroxyl groups is 1. The number of aliphatic hydroxyl groups excluding tert-OH is 1. The van der Waals surface area contributed by atoms with Gasteiger partial charge in [-0.25, -0.2) is 0 Å². The Bertz CT molecular complexity index is 596. The zero-order chi connectivity index (χ0) is 13.1. The van der Waals surface area contributed by atoms with E-state index >= 15 is 0 Å². The van der Waals surface area contributed by atoms with Crippen molar-refractivity contribution in [1.82, 2.24) is 4.57 Å². The van der Waals surface area contributed by atoms with Gasteiger partial charge in [0.1, 0.15) is 6.10 Å². The third kappa shape index (κ3) is 3.16. The fraction of sp³-hybridized carbons (Fsp3) is 0.333. The highest BCUT2D eigenvalue weighted by Crippen LogP contribution is 2.20. The largest absolute Gasteiger partial charge is 0.386 e. The Morgan fingerprint density at radius 2 is 2.39 bits per heavy atom. The van der Waals surface area contributed by atoms with Crippen molar-refractivity contribution in [3.63, 3.8) is 0 Å². The highest BCUT2D eigenvalue weighted by atomic mass is 32.1. The van der Waals surface area contributed by atoms with Gasteiger partial charge in [0.05, 0.1) is 6.54 Å². The summed E-state index contributed by atoms with van der Waals surface area (Å²) in [5, 5.41) is 12.0. The van der Waals surface area contributed by atoms with Gasteiger partial charge in [-0.3, -0.25) is 4.79 Å². The molecule has 0 aliphatic heterocycles. The Labute approximate surface area is 113 Å². The molecular weight excluding hydrogens is 268 g/mol. The molecule has 0 fully saturated rings. The third-order valence-corrected chi connectivity index (χ3v) is 4.24. The number of thiophene rings is 1. The van der Waals surface area contributed by atoms with Crippen molar-refractivity contribution in [1.29, 1.82) is 0 Å². The summed E-state index contributed by atoms with van der Waals surface area (Å²) < 4.78 is 1.83. The molecule has 1 atom stereocenters. The molecule has 0 radical (unpaired) electrons. The molecule has 1 amide bonds. The maximum Gasteiger partial charge on any atom is 0.245 e. The summed E-state index contributed by atoms with van der Waals surface area (Å²) in [6, 6.07) is 3.81. The summed E-state index contributed by atoms with van der Waals surface area (Å²) in [4.78, 5) is 17.6. The van der Waals surface area contributed by atoms with Gasteiger partial charge in [-0.05, 0) is 18.4 Å². The molecule has 2 aromatic rings. The van der Waals surface area contributed by atoms with Crippen LogP contribution in [0.4, 0.5) is 0 Å². The number of amides is 1. The molecule has 0 aromatic carbocycles. The lowest BCUT2D eigenvalue weighted by atomic mass is 10.3. The van der Waals surface area contributed by atoms with Crippen molar-refractivity contribution in [3.05, 3.63) is 38.3 Å². The van der Waals surface area contributed by atoms with Crippen LogP contribution < -0.4 is 4.80 Å². The number of nitrogens with zero attached hydrogens (tertiary/aromatic N) is 2. The van der Waals surface area contributed by atoms with Crippen LogP contribution in [-0.4, -0.2) is 15.6 Å². The Morgan fingerprint density at radius 3 is 3.00 bits per heavy atom. The number of thiazole rings is 1. The predicted octanol–water partition coefficient (Wildman–Crippen LogP) is 2.10. The summed E-state index contributed by atoms with van der Waals surface area (Å²) >= 11 is 2.97. The van der Waals surface area contributed by atoms with Crippen LogP contribution in [0.15, 0.2) is 28.7 Å². The molecule has 2 rings (SSSR count). The molecule has 2 heterocycles. The fourth-order valence-electron chi connectivity index (χ4n) is 1.61. The molecule has 6 heteroatoms. The molecule has 1 unspecified atom stereocenters. The van der Waals surface area contributed by atoms with Crippen molar-refractivity contribution < 1.29 is 9.90 Å². The van der Waals surface area contributed by atoms with Crippen LogP contribution in [0, 0.1) is 6.92 Å². The second kappa shape index (κ2) is 5.60. The molecule has 0 spiro atoms.